The minimum absolute atomic E-state index is 0.00809. The van der Waals surface area contributed by atoms with E-state index in [1.165, 1.54) is 20.3 Å². The number of pyridine rings is 1. The molecule has 0 saturated carbocycles. The Kier molecular flexibility index (Phi) is 7.01. The normalized spacial score (nSPS) is 10.7. The summed E-state index contributed by atoms with van der Waals surface area (Å²) in [5, 5.41) is 6.69. The van der Waals surface area contributed by atoms with Crippen LogP contribution in [0.25, 0.3) is 22.4 Å². The van der Waals surface area contributed by atoms with Crippen molar-refractivity contribution in [3.63, 3.8) is 0 Å². The molecule has 2 aromatic carbocycles. The summed E-state index contributed by atoms with van der Waals surface area (Å²) in [7, 11) is 3.04. The van der Waals surface area contributed by atoms with Crippen molar-refractivity contribution in [3.8, 4) is 33.9 Å². The molecule has 0 fully saturated rings. The molecule has 0 aliphatic heterocycles. The lowest BCUT2D eigenvalue weighted by Crippen LogP contribution is -2.08. The van der Waals surface area contributed by atoms with Gasteiger partial charge in [-0.3, -0.25) is 14.7 Å². The predicted molar refractivity (Wildman–Crippen MR) is 129 cm³/mol. The average molecular weight is 474 g/mol. The topological polar surface area (TPSA) is 94.2 Å². The van der Waals surface area contributed by atoms with Crippen molar-refractivity contribution in [2.75, 3.05) is 14.2 Å². The molecule has 35 heavy (non-hydrogen) atoms. The van der Waals surface area contributed by atoms with E-state index in [9.17, 15) is 14.0 Å². The van der Waals surface area contributed by atoms with E-state index in [2.05, 4.69) is 15.2 Å². The molecule has 178 valence electrons. The van der Waals surface area contributed by atoms with Gasteiger partial charge in [-0.1, -0.05) is 6.07 Å². The molecule has 0 unspecified atom stereocenters. The van der Waals surface area contributed by atoms with Gasteiger partial charge in [0.25, 0.3) is 0 Å². The van der Waals surface area contributed by atoms with Crippen LogP contribution in [0.15, 0.2) is 60.9 Å². The van der Waals surface area contributed by atoms with Crippen LogP contribution in [0.2, 0.25) is 0 Å². The third-order valence-electron chi connectivity index (χ3n) is 5.71. The van der Waals surface area contributed by atoms with Crippen molar-refractivity contribution in [2.45, 2.75) is 19.8 Å². The van der Waals surface area contributed by atoms with Crippen LogP contribution in [0.1, 0.15) is 39.3 Å². The van der Waals surface area contributed by atoms with Gasteiger partial charge in [-0.2, -0.15) is 5.10 Å². The molecule has 0 aliphatic carbocycles. The highest BCUT2D eigenvalue weighted by Gasteiger charge is 2.17. The fourth-order valence-electron chi connectivity index (χ4n) is 3.77. The van der Waals surface area contributed by atoms with E-state index in [1.54, 1.807) is 61.8 Å². The fraction of sp³-hybridized carbons (Fsp3) is 0.185. The predicted octanol–water partition coefficient (Wildman–Crippen LogP) is 5.45. The first-order chi connectivity index (χ1) is 16.9. The quantitative estimate of drug-likeness (QED) is 0.325. The maximum absolute atomic E-state index is 13.7. The highest BCUT2D eigenvalue weighted by molar-refractivity contribution is 6.02. The van der Waals surface area contributed by atoms with Gasteiger partial charge >= 0.3 is 0 Å². The van der Waals surface area contributed by atoms with E-state index < -0.39 is 0 Å². The third-order valence-corrected chi connectivity index (χ3v) is 5.71. The molecule has 0 radical (unpaired) electrons. The Morgan fingerprint density at radius 3 is 2.37 bits per heavy atom. The van der Waals surface area contributed by atoms with Crippen LogP contribution in [-0.4, -0.2) is 41.0 Å². The number of ketones is 2. The molecule has 2 aromatic heterocycles. The number of methoxy groups -OCH3 is 2. The van der Waals surface area contributed by atoms with Crippen LogP contribution in [0.4, 0.5) is 4.39 Å². The van der Waals surface area contributed by atoms with Gasteiger partial charge in [0, 0.05) is 41.3 Å². The summed E-state index contributed by atoms with van der Waals surface area (Å²) in [5.74, 6) is 0.224. The second-order valence-electron chi connectivity index (χ2n) is 7.96. The van der Waals surface area contributed by atoms with E-state index >= 15 is 0 Å². The zero-order valence-corrected chi connectivity index (χ0v) is 19.6. The first kappa shape index (κ1) is 23.8. The van der Waals surface area contributed by atoms with Crippen molar-refractivity contribution in [1.29, 1.82) is 0 Å². The molecule has 0 amide bonds. The zero-order valence-electron chi connectivity index (χ0n) is 19.6. The fourth-order valence-corrected chi connectivity index (χ4v) is 3.77. The number of halogens is 1. The Balaban J connectivity index is 1.50. The number of aromatic nitrogens is 3. The first-order valence-corrected chi connectivity index (χ1v) is 11.0. The third kappa shape index (κ3) is 5.11. The Labute approximate surface area is 201 Å². The lowest BCUT2D eigenvalue weighted by atomic mass is 10.00. The molecule has 0 spiro atoms. The molecule has 4 aromatic rings. The van der Waals surface area contributed by atoms with Crippen molar-refractivity contribution < 1.29 is 23.5 Å². The summed E-state index contributed by atoms with van der Waals surface area (Å²) < 4.78 is 24.5. The van der Waals surface area contributed by atoms with Gasteiger partial charge in [0.05, 0.1) is 20.4 Å². The van der Waals surface area contributed by atoms with Crippen LogP contribution >= 0.6 is 0 Å². The largest absolute Gasteiger partial charge is 0.496 e. The van der Waals surface area contributed by atoms with Gasteiger partial charge in [-0.25, -0.2) is 9.37 Å². The number of hydrogen-bond donors (Lipinski definition) is 1. The molecule has 0 aliphatic rings. The second kappa shape index (κ2) is 10.3. The Morgan fingerprint density at radius 1 is 0.914 bits per heavy atom. The Bertz CT molecular complexity index is 1380. The summed E-state index contributed by atoms with van der Waals surface area (Å²) in [6.45, 7) is 1.66. The zero-order chi connectivity index (χ0) is 24.9. The van der Waals surface area contributed by atoms with E-state index in [1.807, 2.05) is 0 Å². The Morgan fingerprint density at radius 2 is 1.69 bits per heavy atom. The van der Waals surface area contributed by atoms with E-state index in [0.717, 1.165) is 11.1 Å². The van der Waals surface area contributed by atoms with Gasteiger partial charge < -0.3 is 9.47 Å². The van der Waals surface area contributed by atoms with Crippen LogP contribution < -0.4 is 9.47 Å². The molecule has 2 heterocycles. The van der Waals surface area contributed by atoms with Crippen LogP contribution in [0.3, 0.4) is 0 Å². The molecule has 8 heteroatoms. The van der Waals surface area contributed by atoms with Gasteiger partial charge in [-0.05, 0) is 55.0 Å². The smallest absolute Gasteiger partial charge is 0.181 e. The number of H-pyrrole nitrogens is 1. The van der Waals surface area contributed by atoms with E-state index in [4.69, 9.17) is 9.47 Å². The highest BCUT2D eigenvalue weighted by Crippen LogP contribution is 2.31. The van der Waals surface area contributed by atoms with Crippen molar-refractivity contribution in [2.24, 2.45) is 0 Å². The summed E-state index contributed by atoms with van der Waals surface area (Å²) in [6.07, 6.45) is 3.42. The Hall–Kier alpha value is -4.33. The number of rotatable bonds is 9. The molecule has 0 saturated heterocycles. The minimum atomic E-state index is -0.326. The number of benzene rings is 2. The number of nitrogens with zero attached hydrogens (tertiary/aromatic N) is 2. The number of aromatic amines is 1. The number of ether oxygens (including phenoxy) is 2. The molecular formula is C27H24FN3O4. The first-order valence-electron chi connectivity index (χ1n) is 11.0. The van der Waals surface area contributed by atoms with E-state index in [0.29, 0.717) is 33.9 Å². The minimum Gasteiger partial charge on any atom is -0.496 e. The van der Waals surface area contributed by atoms with Crippen LogP contribution in [-0.2, 0) is 0 Å². The van der Waals surface area contributed by atoms with E-state index in [-0.39, 0.29) is 35.9 Å². The lowest BCUT2D eigenvalue weighted by Gasteiger charge is -2.11. The average Bonchev–Trinajstić information content (AvgIpc) is 3.42. The summed E-state index contributed by atoms with van der Waals surface area (Å²) in [4.78, 5) is 30.1. The number of hydrogen-bond acceptors (Lipinski definition) is 6. The molecule has 0 atom stereocenters. The van der Waals surface area contributed by atoms with Crippen molar-refractivity contribution in [1.82, 2.24) is 15.2 Å². The molecule has 0 bridgehead atoms. The van der Waals surface area contributed by atoms with Crippen LogP contribution in [0, 0.1) is 12.7 Å². The van der Waals surface area contributed by atoms with Gasteiger partial charge in [0.1, 0.15) is 28.7 Å². The number of Topliss-reactive ketones (excluding diaryl/α,β-unsaturated/α-hetero) is 2. The lowest BCUT2D eigenvalue weighted by molar-refractivity contribution is 0.0915. The maximum Gasteiger partial charge on any atom is 0.181 e. The molecule has 1 N–H and O–H groups in total. The standard InChI is InChI=1S/C27H24FN3O4/c1-16-12-18(5-7-21(16)28)27-25(34-2)11-8-22(31-27)24(33)10-9-23(32)17-4-6-20(26(13-17)35-3)19-14-29-30-15-19/h4-8,11-15H,9-10H2,1-3H3,(H,29,30). The molecule has 7 nitrogen and oxygen atoms in total. The second-order valence-corrected chi connectivity index (χ2v) is 7.96. The van der Waals surface area contributed by atoms with Gasteiger partial charge in [0.2, 0.25) is 0 Å². The molecule has 4 rings (SSSR count). The summed E-state index contributed by atoms with van der Waals surface area (Å²) in [6, 6.07) is 13.0. The van der Waals surface area contributed by atoms with Crippen LogP contribution in [0.5, 0.6) is 11.5 Å². The van der Waals surface area contributed by atoms with Gasteiger partial charge in [0.15, 0.2) is 11.6 Å². The highest BCUT2D eigenvalue weighted by atomic mass is 19.1. The maximum atomic E-state index is 13.7. The monoisotopic (exact) mass is 473 g/mol. The number of nitrogens with one attached hydrogen (secondary N) is 1. The summed E-state index contributed by atoms with van der Waals surface area (Å²) >= 11 is 0. The number of carbonyl (C=O) groups is 2. The number of carbonyl (C=O) groups excluding carboxylic acids is 2. The molecular weight excluding hydrogens is 449 g/mol. The number of aryl methyl sites for hydroxylation is 1. The van der Waals surface area contributed by atoms with Crippen molar-refractivity contribution >= 4 is 11.6 Å². The van der Waals surface area contributed by atoms with Crippen molar-refractivity contribution in [3.05, 3.63) is 83.6 Å². The van der Waals surface area contributed by atoms with Gasteiger partial charge in [-0.15, -0.1) is 0 Å². The summed E-state index contributed by atoms with van der Waals surface area (Å²) in [5.41, 5.74) is 3.84. The SMILES string of the molecule is COc1cc(C(=O)CCC(=O)c2ccc(OC)c(-c3ccc(F)c(C)c3)n2)ccc1-c1cn[nH]c1.